The van der Waals surface area contributed by atoms with E-state index >= 15 is 0 Å². The summed E-state index contributed by atoms with van der Waals surface area (Å²) in [6, 6.07) is 0. The molecule has 2 fully saturated rings. The Hall–Kier alpha value is -0.0800. The van der Waals surface area contributed by atoms with Crippen LogP contribution >= 0.6 is 0 Å². The van der Waals surface area contributed by atoms with Crippen LogP contribution in [0.3, 0.4) is 0 Å². The molecule has 1 N–H and O–H groups in total. The summed E-state index contributed by atoms with van der Waals surface area (Å²) in [5.74, 6) is 1.01. The van der Waals surface area contributed by atoms with Gasteiger partial charge in [-0.05, 0) is 63.1 Å². The molecular formula is C18H36N2. The molecule has 118 valence electrons. The topological polar surface area (TPSA) is 15.3 Å². The van der Waals surface area contributed by atoms with E-state index in [4.69, 9.17) is 0 Å². The molecule has 2 heteroatoms. The maximum atomic E-state index is 3.64. The van der Waals surface area contributed by atoms with E-state index in [2.05, 4.69) is 24.1 Å². The molecule has 20 heavy (non-hydrogen) atoms. The molecule has 1 saturated carbocycles. The Morgan fingerprint density at radius 1 is 1.05 bits per heavy atom. The summed E-state index contributed by atoms with van der Waals surface area (Å²) in [6.07, 6.45) is 13.0. The largest absolute Gasteiger partial charge is 0.316 e. The molecule has 0 amide bonds. The van der Waals surface area contributed by atoms with Crippen molar-refractivity contribution in [2.75, 3.05) is 32.7 Å². The highest BCUT2D eigenvalue weighted by atomic mass is 15.1. The normalized spacial score (nSPS) is 27.6. The first-order chi connectivity index (χ1) is 9.78. The van der Waals surface area contributed by atoms with Gasteiger partial charge in [0.05, 0.1) is 0 Å². The van der Waals surface area contributed by atoms with Gasteiger partial charge < -0.3 is 10.2 Å². The van der Waals surface area contributed by atoms with Gasteiger partial charge in [-0.25, -0.2) is 0 Å². The SMILES string of the molecule is CCCC1CCCN(CC2(CNCC)CCCC2)CC1. The maximum absolute atomic E-state index is 3.64. The third-order valence-electron chi connectivity index (χ3n) is 5.61. The fourth-order valence-electron chi connectivity index (χ4n) is 4.46. The van der Waals surface area contributed by atoms with Gasteiger partial charge in [-0.3, -0.25) is 0 Å². The molecule has 0 aromatic rings. The van der Waals surface area contributed by atoms with Crippen LogP contribution in [0.5, 0.6) is 0 Å². The summed E-state index contributed by atoms with van der Waals surface area (Å²) < 4.78 is 0. The van der Waals surface area contributed by atoms with Gasteiger partial charge in [0.15, 0.2) is 0 Å². The second kappa shape index (κ2) is 8.38. The van der Waals surface area contributed by atoms with Crippen LogP contribution in [0.15, 0.2) is 0 Å². The molecule has 2 rings (SSSR count). The van der Waals surface area contributed by atoms with E-state index in [-0.39, 0.29) is 0 Å². The molecular weight excluding hydrogens is 244 g/mol. The fourth-order valence-corrected chi connectivity index (χ4v) is 4.46. The van der Waals surface area contributed by atoms with Gasteiger partial charge in [0, 0.05) is 13.1 Å². The number of likely N-dealkylation sites (tertiary alicyclic amines) is 1. The molecule has 0 bridgehead atoms. The second-order valence-corrected chi connectivity index (χ2v) is 7.35. The minimum atomic E-state index is 0.598. The third kappa shape index (κ3) is 4.73. The summed E-state index contributed by atoms with van der Waals surface area (Å²) in [7, 11) is 0. The van der Waals surface area contributed by atoms with E-state index in [0.29, 0.717) is 5.41 Å². The van der Waals surface area contributed by atoms with Crippen LogP contribution in [0.1, 0.15) is 71.6 Å². The molecule has 2 aliphatic rings. The van der Waals surface area contributed by atoms with Crippen LogP contribution in [0.4, 0.5) is 0 Å². The molecule has 1 heterocycles. The number of hydrogen-bond acceptors (Lipinski definition) is 2. The van der Waals surface area contributed by atoms with Gasteiger partial charge in [-0.1, -0.05) is 39.5 Å². The lowest BCUT2D eigenvalue weighted by Gasteiger charge is -2.35. The fraction of sp³-hybridized carbons (Fsp3) is 1.00. The lowest BCUT2D eigenvalue weighted by molar-refractivity contribution is 0.151. The Labute approximate surface area is 126 Å². The highest BCUT2D eigenvalue weighted by molar-refractivity contribution is 4.90. The molecule has 1 atom stereocenters. The summed E-state index contributed by atoms with van der Waals surface area (Å²) >= 11 is 0. The van der Waals surface area contributed by atoms with E-state index in [1.807, 2.05) is 0 Å². The van der Waals surface area contributed by atoms with Gasteiger partial charge in [-0.2, -0.15) is 0 Å². The zero-order valence-corrected chi connectivity index (χ0v) is 13.9. The van der Waals surface area contributed by atoms with Crippen molar-refractivity contribution in [3.63, 3.8) is 0 Å². The quantitative estimate of drug-likeness (QED) is 0.756. The van der Waals surface area contributed by atoms with Crippen molar-refractivity contribution < 1.29 is 0 Å². The minimum Gasteiger partial charge on any atom is -0.316 e. The zero-order chi connectivity index (χ0) is 14.3. The first-order valence-corrected chi connectivity index (χ1v) is 9.21. The molecule has 0 spiro atoms. The van der Waals surface area contributed by atoms with Crippen molar-refractivity contribution in [1.29, 1.82) is 0 Å². The predicted molar refractivity (Wildman–Crippen MR) is 88.1 cm³/mol. The number of hydrogen-bond donors (Lipinski definition) is 1. The van der Waals surface area contributed by atoms with Gasteiger partial charge in [-0.15, -0.1) is 0 Å². The standard InChI is InChI=1S/C18H36N2/c1-3-8-17-9-7-13-20(14-10-17)16-18(15-19-4-2)11-5-6-12-18/h17,19H,3-16H2,1-2H3. The van der Waals surface area contributed by atoms with Crippen LogP contribution < -0.4 is 5.32 Å². The van der Waals surface area contributed by atoms with Crippen molar-refractivity contribution in [3.8, 4) is 0 Å². The Kier molecular flexibility index (Phi) is 6.83. The summed E-state index contributed by atoms with van der Waals surface area (Å²) in [5.41, 5.74) is 0.598. The number of nitrogens with zero attached hydrogens (tertiary/aromatic N) is 1. The Bertz CT molecular complexity index is 258. The Balaban J connectivity index is 1.84. The van der Waals surface area contributed by atoms with Crippen LogP contribution in [0, 0.1) is 11.3 Å². The Morgan fingerprint density at radius 3 is 2.55 bits per heavy atom. The molecule has 1 aliphatic carbocycles. The average Bonchev–Trinajstić information content (AvgIpc) is 2.80. The smallest absolute Gasteiger partial charge is 0.00501 e. The van der Waals surface area contributed by atoms with Crippen molar-refractivity contribution >= 4 is 0 Å². The van der Waals surface area contributed by atoms with Gasteiger partial charge in [0.25, 0.3) is 0 Å². The van der Waals surface area contributed by atoms with E-state index in [0.717, 1.165) is 12.5 Å². The van der Waals surface area contributed by atoms with Gasteiger partial charge >= 0.3 is 0 Å². The van der Waals surface area contributed by atoms with E-state index < -0.39 is 0 Å². The average molecular weight is 280 g/mol. The van der Waals surface area contributed by atoms with Crippen LogP contribution in [0.2, 0.25) is 0 Å². The number of rotatable bonds is 7. The lowest BCUT2D eigenvalue weighted by Crippen LogP contribution is -2.43. The second-order valence-electron chi connectivity index (χ2n) is 7.35. The molecule has 0 aromatic heterocycles. The van der Waals surface area contributed by atoms with Crippen molar-refractivity contribution in [1.82, 2.24) is 10.2 Å². The minimum absolute atomic E-state index is 0.598. The van der Waals surface area contributed by atoms with E-state index in [1.54, 1.807) is 0 Å². The number of nitrogens with one attached hydrogen (secondary N) is 1. The maximum Gasteiger partial charge on any atom is 0.00501 e. The van der Waals surface area contributed by atoms with E-state index in [1.165, 1.54) is 84.0 Å². The zero-order valence-electron chi connectivity index (χ0n) is 13.9. The lowest BCUT2D eigenvalue weighted by atomic mass is 9.85. The van der Waals surface area contributed by atoms with Crippen molar-refractivity contribution in [3.05, 3.63) is 0 Å². The molecule has 0 radical (unpaired) electrons. The van der Waals surface area contributed by atoms with Crippen LogP contribution in [-0.4, -0.2) is 37.6 Å². The first kappa shape index (κ1) is 16.3. The molecule has 1 unspecified atom stereocenters. The van der Waals surface area contributed by atoms with Crippen LogP contribution in [0.25, 0.3) is 0 Å². The predicted octanol–water partition coefficient (Wildman–Crippen LogP) is 4.06. The highest BCUT2D eigenvalue weighted by Crippen LogP contribution is 2.39. The summed E-state index contributed by atoms with van der Waals surface area (Å²) in [5, 5.41) is 3.64. The highest BCUT2D eigenvalue weighted by Gasteiger charge is 2.35. The van der Waals surface area contributed by atoms with Crippen molar-refractivity contribution in [2.45, 2.75) is 71.6 Å². The van der Waals surface area contributed by atoms with Crippen molar-refractivity contribution in [2.24, 2.45) is 11.3 Å². The molecule has 0 aromatic carbocycles. The van der Waals surface area contributed by atoms with E-state index in [9.17, 15) is 0 Å². The molecule has 1 aliphatic heterocycles. The van der Waals surface area contributed by atoms with Gasteiger partial charge in [0.1, 0.15) is 0 Å². The Morgan fingerprint density at radius 2 is 1.85 bits per heavy atom. The molecule has 1 saturated heterocycles. The summed E-state index contributed by atoms with van der Waals surface area (Å²) in [6.45, 7) is 11.0. The third-order valence-corrected chi connectivity index (χ3v) is 5.61. The first-order valence-electron chi connectivity index (χ1n) is 9.21. The van der Waals surface area contributed by atoms with Crippen LogP contribution in [-0.2, 0) is 0 Å². The monoisotopic (exact) mass is 280 g/mol. The summed E-state index contributed by atoms with van der Waals surface area (Å²) in [4.78, 5) is 2.80. The molecule has 2 nitrogen and oxygen atoms in total. The van der Waals surface area contributed by atoms with Gasteiger partial charge in [0.2, 0.25) is 0 Å².